The molecule has 0 spiro atoms. The average molecular weight is 447 g/mol. The van der Waals surface area contributed by atoms with Gasteiger partial charge in [-0.15, -0.1) is 4.40 Å². The van der Waals surface area contributed by atoms with Crippen molar-refractivity contribution in [3.05, 3.63) is 84.2 Å². The van der Waals surface area contributed by atoms with E-state index in [0.717, 1.165) is 5.56 Å². The largest absolute Gasteiger partial charge is 0.341 e. The number of hydrogen-bond acceptors (Lipinski definition) is 7. The van der Waals surface area contributed by atoms with E-state index in [9.17, 15) is 18.0 Å². The maximum atomic E-state index is 13.5. The number of rotatable bonds is 4. The molecule has 2 N–H and O–H groups in total. The Morgan fingerprint density at radius 2 is 1.78 bits per heavy atom. The Morgan fingerprint density at radius 1 is 1.00 bits per heavy atom. The number of anilines is 2. The summed E-state index contributed by atoms with van der Waals surface area (Å²) in [6, 6.07) is 16.5. The fourth-order valence-corrected chi connectivity index (χ4v) is 4.88. The zero-order chi connectivity index (χ0) is 22.3. The number of nitrogens with one attached hydrogen (secondary N) is 2. The van der Waals surface area contributed by atoms with Crippen molar-refractivity contribution in [1.29, 1.82) is 0 Å². The van der Waals surface area contributed by atoms with Crippen molar-refractivity contribution in [3.8, 4) is 0 Å². The maximum absolute atomic E-state index is 13.5. The smallest absolute Gasteiger partial charge is 0.286 e. The Bertz CT molecular complexity index is 1370. The van der Waals surface area contributed by atoms with Crippen molar-refractivity contribution in [3.63, 3.8) is 0 Å². The van der Waals surface area contributed by atoms with E-state index in [0.29, 0.717) is 5.69 Å². The van der Waals surface area contributed by atoms with E-state index in [2.05, 4.69) is 20.1 Å². The van der Waals surface area contributed by atoms with E-state index < -0.39 is 27.6 Å². The minimum Gasteiger partial charge on any atom is -0.341 e. The van der Waals surface area contributed by atoms with Crippen molar-refractivity contribution in [1.82, 2.24) is 10.4 Å². The number of carbonyl (C=O) groups excluding carboxylic acids is 2. The van der Waals surface area contributed by atoms with Gasteiger partial charge in [-0.1, -0.05) is 30.3 Å². The van der Waals surface area contributed by atoms with Crippen LogP contribution in [-0.2, 0) is 21.4 Å². The average Bonchev–Trinajstić information content (AvgIpc) is 2.79. The summed E-state index contributed by atoms with van der Waals surface area (Å²) in [5, 5.41) is 4.14. The molecule has 3 heterocycles. The third-order valence-electron chi connectivity index (χ3n) is 5.22. The first-order valence-corrected chi connectivity index (χ1v) is 11.2. The predicted octanol–water partition coefficient (Wildman–Crippen LogP) is 2.14. The van der Waals surface area contributed by atoms with Gasteiger partial charge in [-0.3, -0.25) is 14.6 Å². The molecule has 1 unspecified atom stereocenters. The van der Waals surface area contributed by atoms with E-state index in [1.54, 1.807) is 60.9 Å². The number of nitrogens with zero attached hydrogens (tertiary/aromatic N) is 3. The van der Waals surface area contributed by atoms with Crippen molar-refractivity contribution in [2.75, 3.05) is 10.3 Å². The molecule has 0 bridgehead atoms. The summed E-state index contributed by atoms with van der Waals surface area (Å²) in [6.07, 6.45) is 3.30. The molecule has 2 aromatic carbocycles. The highest BCUT2D eigenvalue weighted by Gasteiger charge is 2.44. The lowest BCUT2D eigenvalue weighted by Crippen LogP contribution is -2.55. The number of fused-ring (bicyclic) bond motifs is 2. The quantitative estimate of drug-likeness (QED) is 0.588. The standard InChI is InChI=1S/C22H17N5O4S/c28-20-15-7-1-3-9-17(15)27(24-13-14-6-5-11-23-12-14)22(29)19(20)21-25-16-8-2-4-10-18(16)32(30,31)26-21/h1-12,19,24H,13H2,(H,25,26). The second kappa shape index (κ2) is 7.66. The Labute approximate surface area is 183 Å². The van der Waals surface area contributed by atoms with Gasteiger partial charge in [-0.05, 0) is 35.9 Å². The second-order valence-corrected chi connectivity index (χ2v) is 8.83. The lowest BCUT2D eigenvalue weighted by Gasteiger charge is -2.34. The minimum absolute atomic E-state index is 0.00795. The van der Waals surface area contributed by atoms with Crippen LogP contribution in [0.4, 0.5) is 11.4 Å². The summed E-state index contributed by atoms with van der Waals surface area (Å²) < 4.78 is 29.2. The van der Waals surface area contributed by atoms with Gasteiger partial charge in [0.15, 0.2) is 11.7 Å². The van der Waals surface area contributed by atoms with Gasteiger partial charge in [0.25, 0.3) is 15.9 Å². The molecule has 0 radical (unpaired) electrons. The van der Waals surface area contributed by atoms with E-state index in [4.69, 9.17) is 0 Å². The van der Waals surface area contributed by atoms with Crippen LogP contribution < -0.4 is 15.8 Å². The Kier molecular flexibility index (Phi) is 4.80. The number of para-hydroxylation sites is 2. The van der Waals surface area contributed by atoms with Gasteiger partial charge >= 0.3 is 0 Å². The highest BCUT2D eigenvalue weighted by Crippen LogP contribution is 2.34. The third kappa shape index (κ3) is 3.35. The maximum Gasteiger partial charge on any atom is 0.286 e. The molecule has 0 saturated carbocycles. The summed E-state index contributed by atoms with van der Waals surface area (Å²) in [4.78, 5) is 30.8. The summed E-state index contributed by atoms with van der Waals surface area (Å²) in [5.41, 5.74) is 4.81. The predicted molar refractivity (Wildman–Crippen MR) is 118 cm³/mol. The highest BCUT2D eigenvalue weighted by atomic mass is 32.2. The molecule has 1 aromatic heterocycles. The molecule has 5 rings (SSSR count). The normalized spacial score (nSPS) is 18.9. The summed E-state index contributed by atoms with van der Waals surface area (Å²) in [7, 11) is -4.06. The molecular weight excluding hydrogens is 430 g/mol. The van der Waals surface area contributed by atoms with Gasteiger partial charge in [0.2, 0.25) is 0 Å². The summed E-state index contributed by atoms with van der Waals surface area (Å²) >= 11 is 0. The van der Waals surface area contributed by atoms with Crippen LogP contribution in [0.1, 0.15) is 15.9 Å². The number of carbonyl (C=O) groups is 2. The van der Waals surface area contributed by atoms with Crippen LogP contribution >= 0.6 is 0 Å². The second-order valence-electron chi connectivity index (χ2n) is 7.26. The number of sulfonamides is 1. The van der Waals surface area contributed by atoms with Crippen LogP contribution in [0, 0.1) is 5.92 Å². The van der Waals surface area contributed by atoms with Crippen molar-refractivity contribution in [2.45, 2.75) is 11.4 Å². The van der Waals surface area contributed by atoms with Crippen LogP contribution in [0.15, 0.2) is 82.4 Å². The van der Waals surface area contributed by atoms with Crippen LogP contribution in [0.3, 0.4) is 0 Å². The number of amides is 1. The molecule has 2 aliphatic rings. The molecule has 2 aliphatic heterocycles. The van der Waals surface area contributed by atoms with Gasteiger partial charge < -0.3 is 5.32 Å². The van der Waals surface area contributed by atoms with E-state index in [1.165, 1.54) is 11.1 Å². The molecule has 3 aromatic rings. The first-order valence-electron chi connectivity index (χ1n) is 9.76. The Balaban J connectivity index is 1.55. The fraction of sp³-hybridized carbons (Fsp3) is 0.0909. The molecule has 0 saturated heterocycles. The number of benzene rings is 2. The first kappa shape index (κ1) is 20.0. The van der Waals surface area contributed by atoms with Crippen LogP contribution in [0.2, 0.25) is 0 Å². The van der Waals surface area contributed by atoms with Gasteiger partial charge in [-0.25, -0.2) is 10.4 Å². The van der Waals surface area contributed by atoms with Crippen molar-refractivity contribution < 1.29 is 18.0 Å². The molecule has 0 fully saturated rings. The number of aromatic nitrogens is 1. The lowest BCUT2D eigenvalue weighted by molar-refractivity contribution is -0.120. The molecule has 0 aliphatic carbocycles. The minimum atomic E-state index is -4.06. The number of pyridine rings is 1. The SMILES string of the molecule is O=C1c2ccccc2N(NCc2cccnc2)C(=O)C1C1=NS(=O)(=O)c2ccccc2N1. The van der Waals surface area contributed by atoms with E-state index in [1.807, 2.05) is 6.07 Å². The molecule has 160 valence electrons. The molecule has 32 heavy (non-hydrogen) atoms. The van der Waals surface area contributed by atoms with E-state index in [-0.39, 0.29) is 28.5 Å². The summed E-state index contributed by atoms with van der Waals surface area (Å²) in [6.45, 7) is 0.274. The van der Waals surface area contributed by atoms with Crippen molar-refractivity contribution >= 4 is 38.9 Å². The third-order valence-corrected chi connectivity index (χ3v) is 6.57. The lowest BCUT2D eigenvalue weighted by atomic mass is 9.90. The number of ketones is 1. The number of hydrogen-bond donors (Lipinski definition) is 2. The fourth-order valence-electron chi connectivity index (χ4n) is 3.73. The molecular formula is C22H17N5O4S. The van der Waals surface area contributed by atoms with E-state index >= 15 is 0 Å². The Hall–Kier alpha value is -3.89. The number of amidine groups is 1. The van der Waals surface area contributed by atoms with Crippen molar-refractivity contribution in [2.24, 2.45) is 10.3 Å². The van der Waals surface area contributed by atoms with Crippen LogP contribution in [0.5, 0.6) is 0 Å². The van der Waals surface area contributed by atoms with Gasteiger partial charge in [-0.2, -0.15) is 8.42 Å². The van der Waals surface area contributed by atoms with Gasteiger partial charge in [0, 0.05) is 24.5 Å². The molecule has 10 heteroatoms. The zero-order valence-electron chi connectivity index (χ0n) is 16.6. The topological polar surface area (TPSA) is 121 Å². The van der Waals surface area contributed by atoms with Crippen LogP contribution in [-0.4, -0.2) is 30.9 Å². The van der Waals surface area contributed by atoms with Gasteiger partial charge in [0.1, 0.15) is 10.7 Å². The first-order chi connectivity index (χ1) is 15.5. The molecule has 1 atom stereocenters. The zero-order valence-corrected chi connectivity index (χ0v) is 17.4. The number of Topliss-reactive ketones (excluding diaryl/α,β-unsaturated/α-hetero) is 1. The monoisotopic (exact) mass is 447 g/mol. The molecule has 9 nitrogen and oxygen atoms in total. The number of hydrazine groups is 1. The van der Waals surface area contributed by atoms with Crippen LogP contribution in [0.25, 0.3) is 0 Å². The summed E-state index contributed by atoms with van der Waals surface area (Å²) in [5.74, 6) is -2.81. The highest BCUT2D eigenvalue weighted by molar-refractivity contribution is 7.90. The Morgan fingerprint density at radius 3 is 2.59 bits per heavy atom. The molecule has 1 amide bonds. The van der Waals surface area contributed by atoms with Gasteiger partial charge in [0.05, 0.1) is 11.4 Å².